The van der Waals surface area contributed by atoms with Crippen molar-refractivity contribution in [3.05, 3.63) is 64.6 Å². The van der Waals surface area contributed by atoms with Crippen molar-refractivity contribution in [3.8, 4) is 0 Å². The lowest BCUT2D eigenvalue weighted by Gasteiger charge is -2.11. The van der Waals surface area contributed by atoms with Gasteiger partial charge in [0.15, 0.2) is 5.17 Å². The first-order valence-corrected chi connectivity index (χ1v) is 9.42. The van der Waals surface area contributed by atoms with Crippen molar-refractivity contribution in [2.75, 3.05) is 26.0 Å². The van der Waals surface area contributed by atoms with Gasteiger partial charge in [-0.15, -0.1) is 0 Å². The summed E-state index contributed by atoms with van der Waals surface area (Å²) in [6, 6.07) is 16.3. The number of hydrogen-bond acceptors (Lipinski definition) is 4. The van der Waals surface area contributed by atoms with E-state index in [0.717, 1.165) is 23.4 Å². The van der Waals surface area contributed by atoms with Gasteiger partial charge in [0, 0.05) is 26.8 Å². The van der Waals surface area contributed by atoms with Crippen LogP contribution in [0.3, 0.4) is 0 Å². The Bertz CT molecular complexity index is 852. The highest BCUT2D eigenvalue weighted by atomic mass is 32.2. The topological polar surface area (TPSA) is 35.9 Å². The fraction of sp³-hybridized carbons (Fsp3) is 0.238. The summed E-state index contributed by atoms with van der Waals surface area (Å²) in [5.41, 5.74) is 4.28. The number of amidine groups is 1. The third-order valence-electron chi connectivity index (χ3n) is 4.28. The normalized spacial score (nSPS) is 17.4. The minimum absolute atomic E-state index is 0.0179. The van der Waals surface area contributed by atoms with Crippen molar-refractivity contribution < 1.29 is 4.79 Å². The van der Waals surface area contributed by atoms with Crippen LogP contribution in [0.15, 0.2) is 58.4 Å². The number of thioether (sulfide) groups is 1. The molecule has 1 heterocycles. The Kier molecular flexibility index (Phi) is 5.47. The van der Waals surface area contributed by atoms with Gasteiger partial charge < -0.3 is 4.90 Å². The molecule has 2 aromatic rings. The lowest BCUT2D eigenvalue weighted by atomic mass is 10.2. The van der Waals surface area contributed by atoms with Gasteiger partial charge >= 0.3 is 0 Å². The molecular weight excluding hydrogens is 342 g/mol. The van der Waals surface area contributed by atoms with Gasteiger partial charge in [0.1, 0.15) is 0 Å². The van der Waals surface area contributed by atoms with E-state index in [1.165, 1.54) is 17.3 Å². The number of anilines is 1. The standard InChI is InChI=1S/C21H23N3OS/c1-5-15-6-10-17(11-7-15)22-21-24(4)20(25)19(26-21)14-16-8-12-18(13-9-16)23(2)3/h6-14H,5H2,1-4H3/b19-14+,22-21?. The monoisotopic (exact) mass is 365 g/mol. The molecule has 0 aromatic heterocycles. The molecule has 1 amide bonds. The second-order valence-corrected chi connectivity index (χ2v) is 7.38. The number of carbonyl (C=O) groups excluding carboxylic acids is 1. The Morgan fingerprint density at radius 1 is 1.08 bits per heavy atom. The number of rotatable bonds is 4. The van der Waals surface area contributed by atoms with Crippen LogP contribution in [-0.4, -0.2) is 37.1 Å². The van der Waals surface area contributed by atoms with Gasteiger partial charge in [-0.05, 0) is 59.7 Å². The second-order valence-electron chi connectivity index (χ2n) is 6.38. The summed E-state index contributed by atoms with van der Waals surface area (Å²) in [6.45, 7) is 2.13. The lowest BCUT2D eigenvalue weighted by Crippen LogP contribution is -2.23. The predicted molar refractivity (Wildman–Crippen MR) is 112 cm³/mol. The Hall–Kier alpha value is -2.53. The van der Waals surface area contributed by atoms with Gasteiger partial charge in [-0.2, -0.15) is 0 Å². The third kappa shape index (κ3) is 3.99. The van der Waals surface area contributed by atoms with Gasteiger partial charge in [-0.1, -0.05) is 31.2 Å². The molecule has 4 nitrogen and oxygen atoms in total. The van der Waals surface area contributed by atoms with E-state index in [1.807, 2.05) is 56.6 Å². The van der Waals surface area contributed by atoms with E-state index in [1.54, 1.807) is 11.9 Å². The smallest absolute Gasteiger partial charge is 0.266 e. The van der Waals surface area contributed by atoms with E-state index in [-0.39, 0.29) is 5.91 Å². The molecule has 0 radical (unpaired) electrons. The summed E-state index contributed by atoms with van der Waals surface area (Å²) in [6.07, 6.45) is 2.93. The first-order chi connectivity index (χ1) is 12.5. The van der Waals surface area contributed by atoms with Crippen molar-refractivity contribution in [1.82, 2.24) is 4.90 Å². The van der Waals surface area contributed by atoms with Crippen LogP contribution < -0.4 is 4.90 Å². The molecule has 0 bridgehead atoms. The molecule has 2 aromatic carbocycles. The third-order valence-corrected chi connectivity index (χ3v) is 5.34. The minimum Gasteiger partial charge on any atom is -0.378 e. The molecule has 1 aliphatic heterocycles. The van der Waals surface area contributed by atoms with Crippen LogP contribution in [0.2, 0.25) is 0 Å². The van der Waals surface area contributed by atoms with Crippen molar-refractivity contribution in [2.24, 2.45) is 4.99 Å². The number of carbonyl (C=O) groups is 1. The summed E-state index contributed by atoms with van der Waals surface area (Å²) >= 11 is 1.41. The van der Waals surface area contributed by atoms with Crippen LogP contribution in [0.25, 0.3) is 6.08 Å². The molecule has 26 heavy (non-hydrogen) atoms. The highest BCUT2D eigenvalue weighted by molar-refractivity contribution is 8.18. The molecule has 0 saturated carbocycles. The summed E-state index contributed by atoms with van der Waals surface area (Å²) in [7, 11) is 5.79. The van der Waals surface area contributed by atoms with Crippen molar-refractivity contribution in [3.63, 3.8) is 0 Å². The van der Waals surface area contributed by atoms with Crippen molar-refractivity contribution >= 4 is 40.3 Å². The molecule has 3 rings (SSSR count). The second kappa shape index (κ2) is 7.79. The molecule has 0 unspecified atom stereocenters. The number of aryl methyl sites for hydroxylation is 1. The molecule has 1 aliphatic rings. The van der Waals surface area contributed by atoms with Crippen LogP contribution >= 0.6 is 11.8 Å². The molecule has 0 aliphatic carbocycles. The zero-order chi connectivity index (χ0) is 18.7. The largest absolute Gasteiger partial charge is 0.378 e. The van der Waals surface area contributed by atoms with E-state index >= 15 is 0 Å². The average molecular weight is 366 g/mol. The summed E-state index contributed by atoms with van der Waals surface area (Å²) < 4.78 is 0. The van der Waals surface area contributed by atoms with Crippen LogP contribution in [0.4, 0.5) is 11.4 Å². The zero-order valence-electron chi connectivity index (χ0n) is 15.6. The Morgan fingerprint density at radius 2 is 1.73 bits per heavy atom. The Labute approximate surface area is 159 Å². The molecule has 5 heteroatoms. The minimum atomic E-state index is -0.0179. The van der Waals surface area contributed by atoms with Gasteiger partial charge in [0.25, 0.3) is 5.91 Å². The summed E-state index contributed by atoms with van der Waals surface area (Å²) in [5, 5.41) is 0.704. The van der Waals surface area contributed by atoms with Crippen LogP contribution in [0, 0.1) is 0 Å². The maximum Gasteiger partial charge on any atom is 0.266 e. The average Bonchev–Trinajstić information content (AvgIpc) is 2.91. The quantitative estimate of drug-likeness (QED) is 0.746. The van der Waals surface area contributed by atoms with Crippen molar-refractivity contribution in [2.45, 2.75) is 13.3 Å². The van der Waals surface area contributed by atoms with Crippen LogP contribution in [-0.2, 0) is 11.2 Å². The van der Waals surface area contributed by atoms with Gasteiger partial charge in [-0.3, -0.25) is 9.69 Å². The first-order valence-electron chi connectivity index (χ1n) is 8.60. The molecule has 1 saturated heterocycles. The number of likely N-dealkylation sites (N-methyl/N-ethyl adjacent to an activating group) is 1. The van der Waals surface area contributed by atoms with Crippen LogP contribution in [0.1, 0.15) is 18.1 Å². The number of hydrogen-bond donors (Lipinski definition) is 0. The highest BCUT2D eigenvalue weighted by Gasteiger charge is 2.30. The van der Waals surface area contributed by atoms with E-state index < -0.39 is 0 Å². The number of benzene rings is 2. The predicted octanol–water partition coefficient (Wildman–Crippen LogP) is 4.55. The number of aliphatic imine (C=N–C) groups is 1. The molecule has 0 atom stereocenters. The molecule has 0 N–H and O–H groups in total. The van der Waals surface area contributed by atoms with Crippen LogP contribution in [0.5, 0.6) is 0 Å². The summed E-state index contributed by atoms with van der Waals surface area (Å²) in [5.74, 6) is -0.0179. The zero-order valence-corrected chi connectivity index (χ0v) is 16.4. The molecular formula is C21H23N3OS. The van der Waals surface area contributed by atoms with Gasteiger partial charge in [0.2, 0.25) is 0 Å². The Morgan fingerprint density at radius 3 is 2.31 bits per heavy atom. The van der Waals surface area contributed by atoms with E-state index in [2.05, 4.69) is 28.9 Å². The first kappa shape index (κ1) is 18.3. The fourth-order valence-electron chi connectivity index (χ4n) is 2.59. The number of amides is 1. The maximum atomic E-state index is 12.5. The summed E-state index contributed by atoms with van der Waals surface area (Å²) in [4.78, 5) is 21.5. The lowest BCUT2D eigenvalue weighted by molar-refractivity contribution is -0.121. The Balaban J connectivity index is 1.82. The fourth-order valence-corrected chi connectivity index (χ4v) is 3.58. The van der Waals surface area contributed by atoms with E-state index in [0.29, 0.717) is 10.1 Å². The highest BCUT2D eigenvalue weighted by Crippen LogP contribution is 2.33. The maximum absolute atomic E-state index is 12.5. The van der Waals surface area contributed by atoms with E-state index in [4.69, 9.17) is 0 Å². The number of nitrogens with zero attached hydrogens (tertiary/aromatic N) is 3. The molecule has 0 spiro atoms. The van der Waals surface area contributed by atoms with E-state index in [9.17, 15) is 4.79 Å². The van der Waals surface area contributed by atoms with Gasteiger partial charge in [-0.25, -0.2) is 4.99 Å². The van der Waals surface area contributed by atoms with Gasteiger partial charge in [0.05, 0.1) is 10.6 Å². The SMILES string of the molecule is CCc1ccc(N=C2S/C(=C/c3ccc(N(C)C)cc3)C(=O)N2C)cc1. The van der Waals surface area contributed by atoms with Crippen molar-refractivity contribution in [1.29, 1.82) is 0 Å². The molecule has 134 valence electrons. The molecule has 1 fully saturated rings.